The van der Waals surface area contributed by atoms with Gasteiger partial charge in [-0.3, -0.25) is 0 Å². The van der Waals surface area contributed by atoms with Crippen LogP contribution >= 0.6 is 0 Å². The molecule has 0 atom stereocenters. The Kier molecular flexibility index (Phi) is 4.29. The van der Waals surface area contributed by atoms with Crippen molar-refractivity contribution < 1.29 is 12.8 Å². The molecular weight excluding hydrogens is 291 g/mol. The normalized spacial score (nSPS) is 11.6. The number of nitrogens with one attached hydrogen (secondary N) is 1. The molecule has 21 heavy (non-hydrogen) atoms. The van der Waals surface area contributed by atoms with Gasteiger partial charge in [-0.2, -0.15) is 0 Å². The largest absolute Gasteiger partial charge is 0.399 e. The summed E-state index contributed by atoms with van der Waals surface area (Å²) >= 11 is 0. The molecule has 2 aromatic carbocycles. The van der Waals surface area contributed by atoms with Crippen LogP contribution in [0.3, 0.4) is 0 Å². The van der Waals surface area contributed by atoms with Gasteiger partial charge in [0.25, 0.3) is 0 Å². The van der Waals surface area contributed by atoms with E-state index in [-0.39, 0.29) is 17.8 Å². The molecule has 2 aromatic rings. The number of anilines is 1. The summed E-state index contributed by atoms with van der Waals surface area (Å²) in [5, 5.41) is 0. The van der Waals surface area contributed by atoms with E-state index in [1.165, 1.54) is 13.0 Å². The number of hydrogen-bond acceptors (Lipinski definition) is 3. The Morgan fingerprint density at radius 3 is 2.48 bits per heavy atom. The quantitative estimate of drug-likeness (QED) is 0.852. The van der Waals surface area contributed by atoms with Gasteiger partial charge in [-0.25, -0.2) is 17.5 Å². The minimum Gasteiger partial charge on any atom is -0.399 e. The van der Waals surface area contributed by atoms with Gasteiger partial charge >= 0.3 is 0 Å². The number of aryl methyl sites for hydroxylation is 2. The monoisotopic (exact) mass is 308 g/mol. The second-order valence-corrected chi connectivity index (χ2v) is 6.64. The van der Waals surface area contributed by atoms with Crippen molar-refractivity contribution >= 4 is 15.7 Å². The minimum atomic E-state index is -3.96. The van der Waals surface area contributed by atoms with Crippen LogP contribution in [0.4, 0.5) is 10.1 Å². The third kappa shape index (κ3) is 3.40. The standard InChI is InChI=1S/C15H17FN2O2S/c1-10-5-3-4-6-12(10)9-18-21(19,20)14-8-13(17)7-11(2)15(14)16/h3-8,18H,9,17H2,1-2H3. The van der Waals surface area contributed by atoms with E-state index in [4.69, 9.17) is 5.73 Å². The number of nitrogens with two attached hydrogens (primary N) is 1. The highest BCUT2D eigenvalue weighted by Gasteiger charge is 2.21. The fourth-order valence-electron chi connectivity index (χ4n) is 2.02. The summed E-state index contributed by atoms with van der Waals surface area (Å²) in [5.74, 6) is -0.776. The number of hydrogen-bond donors (Lipinski definition) is 2. The van der Waals surface area contributed by atoms with Crippen molar-refractivity contribution in [3.05, 3.63) is 58.9 Å². The SMILES string of the molecule is Cc1ccccc1CNS(=O)(=O)c1cc(N)cc(C)c1F. The predicted molar refractivity (Wildman–Crippen MR) is 80.8 cm³/mol. The maximum atomic E-state index is 14.0. The Hall–Kier alpha value is -1.92. The highest BCUT2D eigenvalue weighted by molar-refractivity contribution is 7.89. The molecule has 112 valence electrons. The molecule has 0 saturated heterocycles. The molecule has 0 saturated carbocycles. The molecule has 0 aliphatic heterocycles. The number of rotatable bonds is 4. The first-order valence-corrected chi connectivity index (χ1v) is 7.89. The Bertz CT molecular complexity index is 773. The minimum absolute atomic E-state index is 0.0995. The van der Waals surface area contributed by atoms with E-state index >= 15 is 0 Å². The van der Waals surface area contributed by atoms with E-state index < -0.39 is 20.7 Å². The van der Waals surface area contributed by atoms with Gasteiger partial charge in [0.15, 0.2) is 0 Å². The molecule has 0 aliphatic carbocycles. The second-order valence-electron chi connectivity index (χ2n) is 4.90. The third-order valence-electron chi connectivity index (χ3n) is 3.25. The molecule has 0 radical (unpaired) electrons. The molecule has 3 N–H and O–H groups in total. The average molecular weight is 308 g/mol. The van der Waals surface area contributed by atoms with Crippen LogP contribution in [0.2, 0.25) is 0 Å². The molecule has 0 aliphatic rings. The van der Waals surface area contributed by atoms with Crippen LogP contribution < -0.4 is 10.5 Å². The average Bonchev–Trinajstić information content (AvgIpc) is 2.42. The van der Waals surface area contributed by atoms with Crippen molar-refractivity contribution in [2.24, 2.45) is 0 Å². The first-order valence-electron chi connectivity index (χ1n) is 6.41. The summed E-state index contributed by atoms with van der Waals surface area (Å²) in [4.78, 5) is -0.423. The summed E-state index contributed by atoms with van der Waals surface area (Å²) < 4.78 is 40.9. The van der Waals surface area contributed by atoms with Crippen molar-refractivity contribution in [1.29, 1.82) is 0 Å². The third-order valence-corrected chi connectivity index (χ3v) is 4.65. The topological polar surface area (TPSA) is 72.2 Å². The highest BCUT2D eigenvalue weighted by atomic mass is 32.2. The Morgan fingerprint density at radius 2 is 1.81 bits per heavy atom. The molecule has 0 amide bonds. The van der Waals surface area contributed by atoms with Crippen molar-refractivity contribution in [3.8, 4) is 0 Å². The summed E-state index contributed by atoms with van der Waals surface area (Å²) in [6, 6.07) is 9.92. The lowest BCUT2D eigenvalue weighted by Crippen LogP contribution is -2.25. The number of nitrogen functional groups attached to an aromatic ring is 1. The summed E-state index contributed by atoms with van der Waals surface area (Å²) in [5.41, 5.74) is 7.81. The van der Waals surface area contributed by atoms with Gasteiger partial charge in [-0.15, -0.1) is 0 Å². The molecule has 4 nitrogen and oxygen atoms in total. The lowest BCUT2D eigenvalue weighted by atomic mass is 10.1. The first-order chi connectivity index (χ1) is 9.81. The molecule has 0 unspecified atom stereocenters. The van der Waals surface area contributed by atoms with Crippen LogP contribution in [0.5, 0.6) is 0 Å². The number of benzene rings is 2. The van der Waals surface area contributed by atoms with E-state index in [1.54, 1.807) is 0 Å². The molecule has 0 bridgehead atoms. The van der Waals surface area contributed by atoms with E-state index in [1.807, 2.05) is 31.2 Å². The zero-order valence-corrected chi connectivity index (χ0v) is 12.7. The zero-order chi connectivity index (χ0) is 15.6. The molecule has 0 spiro atoms. The lowest BCUT2D eigenvalue weighted by Gasteiger charge is -2.11. The van der Waals surface area contributed by atoms with Crippen LogP contribution in [0, 0.1) is 19.7 Å². The lowest BCUT2D eigenvalue weighted by molar-refractivity contribution is 0.553. The summed E-state index contributed by atoms with van der Waals surface area (Å²) in [6.07, 6.45) is 0. The van der Waals surface area contributed by atoms with E-state index in [0.717, 1.165) is 17.2 Å². The molecule has 0 heterocycles. The first kappa shape index (κ1) is 15.5. The fraction of sp³-hybridized carbons (Fsp3) is 0.200. The van der Waals surface area contributed by atoms with Crippen molar-refractivity contribution in [2.45, 2.75) is 25.3 Å². The molecule has 6 heteroatoms. The number of sulfonamides is 1. The number of halogens is 1. The van der Waals surface area contributed by atoms with Gasteiger partial charge in [0.05, 0.1) is 0 Å². The second kappa shape index (κ2) is 5.83. The Balaban J connectivity index is 2.30. The summed E-state index contributed by atoms with van der Waals surface area (Å²) in [6.45, 7) is 3.46. The van der Waals surface area contributed by atoms with Gasteiger partial charge in [0, 0.05) is 12.2 Å². The van der Waals surface area contributed by atoms with Crippen LogP contribution in [-0.2, 0) is 16.6 Å². The van der Waals surface area contributed by atoms with Gasteiger partial charge in [-0.05, 0) is 42.7 Å². The van der Waals surface area contributed by atoms with Gasteiger partial charge in [0.2, 0.25) is 10.0 Å². The maximum absolute atomic E-state index is 14.0. The van der Waals surface area contributed by atoms with Crippen LogP contribution in [0.1, 0.15) is 16.7 Å². The van der Waals surface area contributed by atoms with E-state index in [2.05, 4.69) is 4.72 Å². The molecule has 0 aromatic heterocycles. The smallest absolute Gasteiger partial charge is 0.243 e. The van der Waals surface area contributed by atoms with E-state index in [0.29, 0.717) is 0 Å². The predicted octanol–water partition coefficient (Wildman–Crippen LogP) is 2.50. The van der Waals surface area contributed by atoms with E-state index in [9.17, 15) is 12.8 Å². The highest BCUT2D eigenvalue weighted by Crippen LogP contribution is 2.21. The molecule has 2 rings (SSSR count). The van der Waals surface area contributed by atoms with Gasteiger partial charge in [0.1, 0.15) is 10.7 Å². The Morgan fingerprint density at radius 1 is 1.14 bits per heavy atom. The fourth-order valence-corrected chi connectivity index (χ4v) is 3.21. The summed E-state index contributed by atoms with van der Waals surface area (Å²) in [7, 11) is -3.96. The Labute approximate surface area is 123 Å². The van der Waals surface area contributed by atoms with Gasteiger partial charge in [-0.1, -0.05) is 24.3 Å². The van der Waals surface area contributed by atoms with Gasteiger partial charge < -0.3 is 5.73 Å². The van der Waals surface area contributed by atoms with Crippen molar-refractivity contribution in [3.63, 3.8) is 0 Å². The van der Waals surface area contributed by atoms with Crippen molar-refractivity contribution in [2.75, 3.05) is 5.73 Å². The van der Waals surface area contributed by atoms with Crippen LogP contribution in [0.25, 0.3) is 0 Å². The molecular formula is C15H17FN2O2S. The van der Waals surface area contributed by atoms with Crippen LogP contribution in [0.15, 0.2) is 41.3 Å². The molecule has 0 fully saturated rings. The van der Waals surface area contributed by atoms with Crippen LogP contribution in [-0.4, -0.2) is 8.42 Å². The van der Waals surface area contributed by atoms with Crippen molar-refractivity contribution in [1.82, 2.24) is 4.72 Å². The maximum Gasteiger partial charge on any atom is 0.243 e. The zero-order valence-electron chi connectivity index (χ0n) is 11.9.